The van der Waals surface area contributed by atoms with Gasteiger partial charge in [-0.2, -0.15) is 0 Å². The zero-order chi connectivity index (χ0) is 11.9. The molecule has 1 aliphatic rings. The summed E-state index contributed by atoms with van der Waals surface area (Å²) in [5.41, 5.74) is 1.51. The van der Waals surface area contributed by atoms with Gasteiger partial charge < -0.3 is 5.32 Å². The third kappa shape index (κ3) is 3.61. The third-order valence-electron chi connectivity index (χ3n) is 3.65. The Kier molecular flexibility index (Phi) is 4.64. The predicted molar refractivity (Wildman–Crippen MR) is 72.9 cm³/mol. The van der Waals surface area contributed by atoms with Gasteiger partial charge in [0.2, 0.25) is 0 Å². The quantitative estimate of drug-likeness (QED) is 0.781. The molecule has 17 heavy (non-hydrogen) atoms. The van der Waals surface area contributed by atoms with Crippen molar-refractivity contribution in [1.29, 1.82) is 0 Å². The van der Waals surface area contributed by atoms with E-state index in [9.17, 15) is 0 Å². The second kappa shape index (κ2) is 6.47. The molecular formula is C16H21N. The van der Waals surface area contributed by atoms with Crippen LogP contribution >= 0.6 is 0 Å². The SMILES string of the molecule is CC#CCNC1CCC(c2ccccc2)CC1. The summed E-state index contributed by atoms with van der Waals surface area (Å²) in [6, 6.07) is 11.6. The molecule has 2 rings (SSSR count). The Morgan fingerprint density at radius 3 is 2.47 bits per heavy atom. The van der Waals surface area contributed by atoms with E-state index >= 15 is 0 Å². The van der Waals surface area contributed by atoms with E-state index in [1.807, 2.05) is 6.92 Å². The van der Waals surface area contributed by atoms with Crippen LogP contribution < -0.4 is 5.32 Å². The molecule has 0 spiro atoms. The fourth-order valence-corrected chi connectivity index (χ4v) is 2.64. The van der Waals surface area contributed by atoms with Crippen molar-refractivity contribution < 1.29 is 0 Å². The number of nitrogens with one attached hydrogen (secondary N) is 1. The normalized spacial score (nSPS) is 23.8. The largest absolute Gasteiger partial charge is 0.303 e. The summed E-state index contributed by atoms with van der Waals surface area (Å²) in [7, 11) is 0. The molecule has 1 fully saturated rings. The highest BCUT2D eigenvalue weighted by Gasteiger charge is 2.21. The lowest BCUT2D eigenvalue weighted by Gasteiger charge is -2.29. The van der Waals surface area contributed by atoms with Crippen molar-refractivity contribution in [3.8, 4) is 11.8 Å². The van der Waals surface area contributed by atoms with Crippen molar-refractivity contribution in [3.05, 3.63) is 35.9 Å². The van der Waals surface area contributed by atoms with Gasteiger partial charge in [-0.3, -0.25) is 0 Å². The molecule has 1 N–H and O–H groups in total. The van der Waals surface area contributed by atoms with Crippen LogP contribution in [-0.2, 0) is 0 Å². The van der Waals surface area contributed by atoms with E-state index < -0.39 is 0 Å². The molecule has 0 heterocycles. The summed E-state index contributed by atoms with van der Waals surface area (Å²) in [6.07, 6.45) is 5.18. The van der Waals surface area contributed by atoms with Crippen molar-refractivity contribution in [2.24, 2.45) is 0 Å². The number of hydrogen-bond acceptors (Lipinski definition) is 1. The van der Waals surface area contributed by atoms with E-state index in [1.54, 1.807) is 0 Å². The van der Waals surface area contributed by atoms with Gasteiger partial charge in [0.05, 0.1) is 6.54 Å². The first-order chi connectivity index (χ1) is 8.40. The number of rotatable bonds is 3. The molecule has 0 radical (unpaired) electrons. The summed E-state index contributed by atoms with van der Waals surface area (Å²) in [4.78, 5) is 0. The molecule has 0 aromatic heterocycles. The highest BCUT2D eigenvalue weighted by molar-refractivity contribution is 5.20. The van der Waals surface area contributed by atoms with E-state index in [4.69, 9.17) is 0 Å². The van der Waals surface area contributed by atoms with E-state index in [2.05, 4.69) is 47.5 Å². The van der Waals surface area contributed by atoms with Gasteiger partial charge in [-0.05, 0) is 44.1 Å². The first-order valence-electron chi connectivity index (χ1n) is 6.58. The van der Waals surface area contributed by atoms with Crippen LogP contribution in [0, 0.1) is 11.8 Å². The Labute approximate surface area is 105 Å². The first-order valence-corrected chi connectivity index (χ1v) is 6.58. The Hall–Kier alpha value is -1.26. The summed E-state index contributed by atoms with van der Waals surface area (Å²) in [6.45, 7) is 2.74. The molecule has 0 amide bonds. The first kappa shape index (κ1) is 12.2. The van der Waals surface area contributed by atoms with E-state index in [0.717, 1.165) is 12.5 Å². The van der Waals surface area contributed by atoms with Crippen LogP contribution in [0.15, 0.2) is 30.3 Å². The van der Waals surface area contributed by atoms with Gasteiger partial charge in [-0.15, -0.1) is 5.92 Å². The summed E-state index contributed by atoms with van der Waals surface area (Å²) < 4.78 is 0. The van der Waals surface area contributed by atoms with E-state index in [0.29, 0.717) is 6.04 Å². The van der Waals surface area contributed by atoms with E-state index in [1.165, 1.54) is 31.2 Å². The molecule has 0 unspecified atom stereocenters. The Morgan fingerprint density at radius 1 is 1.12 bits per heavy atom. The van der Waals surface area contributed by atoms with Crippen molar-refractivity contribution in [2.45, 2.75) is 44.6 Å². The highest BCUT2D eigenvalue weighted by Crippen LogP contribution is 2.32. The third-order valence-corrected chi connectivity index (χ3v) is 3.65. The summed E-state index contributed by atoms with van der Waals surface area (Å²) in [5.74, 6) is 6.78. The zero-order valence-corrected chi connectivity index (χ0v) is 10.6. The van der Waals surface area contributed by atoms with Crippen molar-refractivity contribution in [1.82, 2.24) is 5.32 Å². The molecule has 1 heteroatoms. The Balaban J connectivity index is 1.79. The van der Waals surface area contributed by atoms with Crippen LogP contribution in [0.3, 0.4) is 0 Å². The fraction of sp³-hybridized carbons (Fsp3) is 0.500. The Morgan fingerprint density at radius 2 is 1.82 bits per heavy atom. The van der Waals surface area contributed by atoms with Gasteiger partial charge in [-0.1, -0.05) is 36.3 Å². The van der Waals surface area contributed by atoms with Gasteiger partial charge >= 0.3 is 0 Å². The molecule has 0 bridgehead atoms. The van der Waals surface area contributed by atoms with Crippen molar-refractivity contribution in [2.75, 3.05) is 6.54 Å². The van der Waals surface area contributed by atoms with Gasteiger partial charge in [0.25, 0.3) is 0 Å². The molecule has 0 aliphatic heterocycles. The average Bonchev–Trinajstić information content (AvgIpc) is 2.41. The maximum Gasteiger partial charge on any atom is 0.0578 e. The summed E-state index contributed by atoms with van der Waals surface area (Å²) in [5, 5.41) is 3.52. The van der Waals surface area contributed by atoms with Crippen molar-refractivity contribution >= 4 is 0 Å². The minimum atomic E-state index is 0.677. The highest BCUT2D eigenvalue weighted by atomic mass is 14.9. The lowest BCUT2D eigenvalue weighted by atomic mass is 9.82. The topological polar surface area (TPSA) is 12.0 Å². The monoisotopic (exact) mass is 227 g/mol. The van der Waals surface area contributed by atoms with Crippen LogP contribution in [0.1, 0.15) is 44.1 Å². The average molecular weight is 227 g/mol. The van der Waals surface area contributed by atoms with Crippen LogP contribution in [-0.4, -0.2) is 12.6 Å². The standard InChI is InChI=1S/C16H21N/c1-2-3-13-17-16-11-9-15(10-12-16)14-7-5-4-6-8-14/h4-8,15-17H,9-13H2,1H3. The van der Waals surface area contributed by atoms with Gasteiger partial charge in [0, 0.05) is 6.04 Å². The molecule has 0 atom stereocenters. The molecule has 1 nitrogen and oxygen atoms in total. The number of benzene rings is 1. The lowest BCUT2D eigenvalue weighted by molar-refractivity contribution is 0.352. The fourth-order valence-electron chi connectivity index (χ4n) is 2.64. The maximum atomic E-state index is 3.52. The van der Waals surface area contributed by atoms with Crippen LogP contribution in [0.25, 0.3) is 0 Å². The summed E-state index contributed by atoms with van der Waals surface area (Å²) >= 11 is 0. The van der Waals surface area contributed by atoms with Crippen LogP contribution in [0.2, 0.25) is 0 Å². The smallest absolute Gasteiger partial charge is 0.0578 e. The minimum Gasteiger partial charge on any atom is -0.303 e. The van der Waals surface area contributed by atoms with Gasteiger partial charge in [0.1, 0.15) is 0 Å². The van der Waals surface area contributed by atoms with E-state index in [-0.39, 0.29) is 0 Å². The second-order valence-corrected chi connectivity index (χ2v) is 4.77. The zero-order valence-electron chi connectivity index (χ0n) is 10.6. The Bertz CT molecular complexity index is 377. The molecule has 1 aliphatic carbocycles. The molecule has 1 aromatic carbocycles. The molecular weight excluding hydrogens is 206 g/mol. The van der Waals surface area contributed by atoms with Gasteiger partial charge in [0.15, 0.2) is 0 Å². The lowest BCUT2D eigenvalue weighted by Crippen LogP contribution is -2.32. The predicted octanol–water partition coefficient (Wildman–Crippen LogP) is 3.33. The molecule has 0 saturated heterocycles. The van der Waals surface area contributed by atoms with Crippen LogP contribution in [0.4, 0.5) is 0 Å². The number of hydrogen-bond donors (Lipinski definition) is 1. The molecule has 1 aromatic rings. The second-order valence-electron chi connectivity index (χ2n) is 4.77. The van der Waals surface area contributed by atoms with Gasteiger partial charge in [-0.25, -0.2) is 0 Å². The van der Waals surface area contributed by atoms with Crippen LogP contribution in [0.5, 0.6) is 0 Å². The molecule has 1 saturated carbocycles. The molecule has 90 valence electrons. The van der Waals surface area contributed by atoms with Crippen molar-refractivity contribution in [3.63, 3.8) is 0 Å². The maximum absolute atomic E-state index is 3.52. The minimum absolute atomic E-state index is 0.677.